The summed E-state index contributed by atoms with van der Waals surface area (Å²) < 4.78 is 31.0. The molecule has 7 saturated heterocycles. The van der Waals surface area contributed by atoms with Gasteiger partial charge in [-0.1, -0.05) is 67.6 Å². The Balaban J connectivity index is 0.000000227. The van der Waals surface area contributed by atoms with Gasteiger partial charge in [-0.15, -0.1) is 0 Å². The van der Waals surface area contributed by atoms with Crippen molar-refractivity contribution in [3.05, 3.63) is 105 Å². The molecular weight excluding hydrogens is 2060 g/mol. The topological polar surface area (TPSA) is 299 Å². The molecule has 0 aromatic heterocycles. The zero-order valence-electron chi connectivity index (χ0n) is 73.6. The number of amides is 3. The Morgan fingerprint density at radius 3 is 1.16 bits per heavy atom. The quantitative estimate of drug-likeness (QED) is 0.0162. The molecule has 9 aliphatic carbocycles. The van der Waals surface area contributed by atoms with Gasteiger partial charge in [0.15, 0.2) is 13.8 Å². The SMILES string of the molecule is C.C.C1CCOC1.CP(C)O.CP(C)OO[PH+](C)C.Cc1ccc2c(c1)[C@]13CCN(CC4CC4)[C@H](C2)[C@]1(O)CC(C(=O)NCCN1CCOCC1)C3.II.O.O=C(NCCN1CCOCC1)C1C[C@]23CCN(CC4CC4)[C@H](Cc4ccc(O)cc42)[C@]3(O)C1.P.[C-]#[N+]c1ccc2c(c1)[C@]13CCN(CC4CC4)[C@H](C2)[C@]1(O)CC(C(=O)NCCN1CCOCC1)C3.[HH].[Pt]. The number of nitrogens with zero attached hydrogens (tertiary/aromatic N) is 7. The molecule has 124 heavy (non-hydrogen) atoms. The molecule has 3 aromatic carbocycles. The Hall–Kier alpha value is -1.45. The number of ether oxygens (including phenoxy) is 4. The smallest absolute Gasteiger partial charge is 0.223 e. The monoisotopic (exact) mass is 2210 g/mol. The average molecular weight is 2210 g/mol. The molecule has 16 aliphatic rings. The zero-order valence-corrected chi connectivity index (χ0v) is 84.4. The molecule has 6 saturated carbocycles. The number of hydrogen-bond donors (Lipinski definition) is 8. The summed E-state index contributed by atoms with van der Waals surface area (Å²) in [5.74, 6) is 2.37. The fourth-order valence-electron chi connectivity index (χ4n) is 22.8. The number of carbonyl (C=O) groups is 3. The molecule has 3 aromatic rings. The molecule has 0 radical (unpaired) electrons. The van der Waals surface area contributed by atoms with Crippen LogP contribution in [-0.2, 0) is 99.3 Å². The van der Waals surface area contributed by atoms with Crippen LogP contribution >= 0.6 is 71.6 Å². The van der Waals surface area contributed by atoms with E-state index in [4.69, 9.17) is 39.8 Å². The van der Waals surface area contributed by atoms with Crippen LogP contribution in [0.4, 0.5) is 5.69 Å². The van der Waals surface area contributed by atoms with Crippen molar-refractivity contribution in [3.8, 4) is 5.75 Å². The third-order valence-corrected chi connectivity index (χ3v) is 30.0. The van der Waals surface area contributed by atoms with E-state index in [1.165, 1.54) is 79.2 Å². The van der Waals surface area contributed by atoms with E-state index in [9.17, 15) is 34.8 Å². The minimum Gasteiger partial charge on any atom is -0.508 e. The van der Waals surface area contributed by atoms with Crippen LogP contribution in [0.2, 0.25) is 0 Å². The molecule has 13 fully saturated rings. The molecule has 32 heteroatoms. The van der Waals surface area contributed by atoms with Gasteiger partial charge < -0.3 is 65.7 Å². The van der Waals surface area contributed by atoms with Crippen molar-refractivity contribution in [3.63, 3.8) is 0 Å². The van der Waals surface area contributed by atoms with Crippen LogP contribution in [0.15, 0.2) is 54.6 Å². The number of fused-ring (bicyclic) bond motifs is 3. The van der Waals surface area contributed by atoms with E-state index in [-0.39, 0.29) is 126 Å². The number of phenolic OH excluding ortho intramolecular Hbond substituents is 1. The molecular formula is C92H155I2N10O15P4Pt+. The molecule has 706 valence electrons. The molecule has 13 atom stereocenters. The average Bonchev–Trinajstić information content (AvgIpc) is 1.62. The largest absolute Gasteiger partial charge is 0.508 e. The van der Waals surface area contributed by atoms with Crippen LogP contribution in [0.3, 0.4) is 0 Å². The van der Waals surface area contributed by atoms with Gasteiger partial charge in [-0.3, -0.25) is 43.8 Å². The predicted molar refractivity (Wildman–Crippen MR) is 521 cm³/mol. The van der Waals surface area contributed by atoms with Crippen molar-refractivity contribution >= 4 is 95.0 Å². The summed E-state index contributed by atoms with van der Waals surface area (Å²) in [6, 6.07) is 18.8. The molecule has 19 rings (SSSR count). The Morgan fingerprint density at radius 2 is 0.855 bits per heavy atom. The molecule has 25 nitrogen and oxygen atoms in total. The summed E-state index contributed by atoms with van der Waals surface area (Å²) in [5.41, 5.74) is 5.49. The standard InChI is InChI=1S/C27H36N4O3.C27H39N3O3.C26H37N3O4.C4H12O2P2.C4H8O.C2H7OP.2CH4.I2.H2O.H3P.Pt.H2/c1-28-22-5-4-20-14-24-27(33)17-21(25(32)29-7-9-30-10-12-34-13-11-30)16-26(27,23(20)15-22)6-8-31(24)18-19-2-3-19;1-19-2-5-21-15-24-27(32)17-22(25(31)28-7-9-29-10-12-33-13-11-29)16-26(27,23(21)14-19)6-8-30(24)18-20-3-4-20;30-21-4-3-19-13-23-26(32)16-20(24(31)27-6-8-28-9-11-33-12-10-28)15-25(26,22(19)14-21)5-7-29(23)17-18-1-2-18;1-7(2)5-6-8(3)4;1-2-4-5-3-1;1-4(2)3;;;1-2;;;;/h4-5,15,19,21,24,33H,2-3,6-14,16-18H2,(H,29,32);2,5,14,20,22,24,32H,3-4,6-13,15-18H2,1H3,(H,28,31);3-4,14,18,20,23,30,32H,1-2,5-13,15-17H2,(H,27,31);1-4H3;1-4H2;3H,1-2H3;2*1H4;;1H2;1H3;;1H/p+1/t21?,24-,26-,27-;22?,24-,26-,27-;20?,23-,25-,26-;;;;;;;;;;/m111........../s1. The molecule has 0 spiro atoms. The van der Waals surface area contributed by atoms with Gasteiger partial charge in [0.25, 0.3) is 0 Å². The fraction of sp³-hybridized carbons (Fsp3) is 0.761. The Morgan fingerprint density at radius 1 is 0.532 bits per heavy atom. The minimum atomic E-state index is -0.923. The van der Waals surface area contributed by atoms with Crippen molar-refractivity contribution in [2.45, 2.75) is 201 Å². The van der Waals surface area contributed by atoms with Crippen molar-refractivity contribution in [1.82, 2.24) is 45.3 Å². The number of piperidine rings is 3. The maximum atomic E-state index is 13.3. The number of benzene rings is 3. The number of nitrogens with one attached hydrogen (secondary N) is 3. The number of aromatic hydroxyl groups is 1. The molecule has 6 bridgehead atoms. The molecule has 3 amide bonds. The summed E-state index contributed by atoms with van der Waals surface area (Å²) in [7, 11) is -1.59. The second-order valence-corrected chi connectivity index (χ2v) is 43.2. The van der Waals surface area contributed by atoms with Gasteiger partial charge in [-0.2, -0.15) is 14.6 Å². The number of likely N-dealkylation sites (tertiary alicyclic amines) is 3. The number of morpholine rings is 3. The first-order chi connectivity index (χ1) is 57.3. The third kappa shape index (κ3) is 25.6. The van der Waals surface area contributed by atoms with Gasteiger partial charge in [-0.25, -0.2) is 4.85 Å². The number of carbonyl (C=O) groups excluding carboxylic acids is 3. The second-order valence-electron chi connectivity index (χ2n) is 37.8. The fourth-order valence-corrected chi connectivity index (χ4v) is 24.0. The number of aliphatic hydroxyl groups is 3. The number of aryl methyl sites for hydroxylation is 1. The van der Waals surface area contributed by atoms with Crippen LogP contribution < -0.4 is 16.0 Å². The maximum Gasteiger partial charge on any atom is 0.223 e. The number of hydrogen-bond acceptors (Lipinski definition) is 20. The first kappa shape index (κ1) is 108. The van der Waals surface area contributed by atoms with Crippen molar-refractivity contribution in [1.29, 1.82) is 0 Å². The zero-order chi connectivity index (χ0) is 84.3. The summed E-state index contributed by atoms with van der Waals surface area (Å²) >= 11 is 4.24. The van der Waals surface area contributed by atoms with E-state index in [0.717, 1.165) is 225 Å². The van der Waals surface area contributed by atoms with Gasteiger partial charge in [0.2, 0.25) is 17.7 Å². The molecule has 10 N–H and O–H groups in total. The van der Waals surface area contributed by atoms with E-state index in [1.54, 1.807) is 19.4 Å². The van der Waals surface area contributed by atoms with Crippen LogP contribution in [0, 0.1) is 49.0 Å². The van der Waals surface area contributed by atoms with Gasteiger partial charge in [-0.05, 0) is 245 Å². The van der Waals surface area contributed by atoms with E-state index in [0.29, 0.717) is 57.4 Å². The Kier molecular flexibility index (Phi) is 42.8. The van der Waals surface area contributed by atoms with Gasteiger partial charge in [0.1, 0.15) is 5.75 Å². The van der Waals surface area contributed by atoms with E-state index in [1.807, 2.05) is 50.9 Å². The summed E-state index contributed by atoms with van der Waals surface area (Å²) in [4.78, 5) is 66.4. The van der Waals surface area contributed by atoms with E-state index < -0.39 is 43.9 Å². The number of phenols is 1. The summed E-state index contributed by atoms with van der Waals surface area (Å²) in [5, 5.41) is 57.1. The van der Waals surface area contributed by atoms with Crippen molar-refractivity contribution in [2.75, 3.05) is 211 Å². The predicted octanol–water partition coefficient (Wildman–Crippen LogP) is 11.2. The second kappa shape index (κ2) is 49.2. The van der Waals surface area contributed by atoms with Crippen LogP contribution in [0.1, 0.15) is 164 Å². The van der Waals surface area contributed by atoms with Gasteiger partial charge >= 0.3 is 0 Å². The third-order valence-electron chi connectivity index (χ3n) is 29.1. The first-order valence-electron chi connectivity index (χ1n) is 44.8. The molecule has 7 aliphatic heterocycles. The Bertz CT molecular complexity index is 3740. The number of halogens is 2. The van der Waals surface area contributed by atoms with Crippen molar-refractivity contribution < 1.29 is 96.0 Å². The number of rotatable bonds is 21. The van der Waals surface area contributed by atoms with Crippen LogP contribution in [0.5, 0.6) is 5.75 Å². The van der Waals surface area contributed by atoms with Crippen LogP contribution in [0.25, 0.3) is 4.85 Å². The first-order valence-corrected chi connectivity index (χ1v) is 57.9. The van der Waals surface area contributed by atoms with Gasteiger partial charge in [0, 0.05) is 231 Å². The Labute approximate surface area is 788 Å². The van der Waals surface area contributed by atoms with Crippen LogP contribution in [-0.4, -0.2) is 323 Å². The summed E-state index contributed by atoms with van der Waals surface area (Å²) in [6.07, 6.45) is 19.3. The van der Waals surface area contributed by atoms with Gasteiger partial charge in [0.05, 0.1) is 84.5 Å². The molecule has 7 heterocycles. The maximum absolute atomic E-state index is 13.3. The normalized spacial score (nSPS) is 31.0. The van der Waals surface area contributed by atoms with E-state index in [2.05, 4.69) is 119 Å². The minimum absolute atomic E-state index is 0. The molecule has 4 unspecified atom stereocenters. The van der Waals surface area contributed by atoms with E-state index >= 15 is 0 Å². The summed E-state index contributed by atoms with van der Waals surface area (Å²) in [6.45, 7) is 44.2. The van der Waals surface area contributed by atoms with Crippen molar-refractivity contribution in [2.24, 2.45) is 35.5 Å².